The van der Waals surface area contributed by atoms with Gasteiger partial charge in [-0.3, -0.25) is 4.79 Å². The van der Waals surface area contributed by atoms with E-state index in [1.807, 2.05) is 0 Å². The molecule has 0 spiro atoms. The molecule has 0 fully saturated rings. The van der Waals surface area contributed by atoms with Gasteiger partial charge in [0.15, 0.2) is 5.69 Å². The van der Waals surface area contributed by atoms with Crippen LogP contribution < -0.4 is 4.90 Å². The lowest BCUT2D eigenvalue weighted by atomic mass is 10.2. The molecule has 1 N–H and O–H groups in total. The molecule has 0 bridgehead atoms. The quantitative estimate of drug-likeness (QED) is 0.884. The minimum atomic E-state index is -4.57. The summed E-state index contributed by atoms with van der Waals surface area (Å²) in [5, 5.41) is 17.3. The summed E-state index contributed by atoms with van der Waals surface area (Å²) in [4.78, 5) is 14.7. The molecule has 0 saturated heterocycles. The van der Waals surface area contributed by atoms with E-state index < -0.39 is 25.2 Å². The van der Waals surface area contributed by atoms with Crippen LogP contribution in [0.2, 0.25) is 0 Å². The highest BCUT2D eigenvalue weighted by molar-refractivity contribution is 5.74. The molecule has 0 radical (unpaired) electrons. The summed E-state index contributed by atoms with van der Waals surface area (Å²) in [5.74, 6) is -1.42. The lowest BCUT2D eigenvalue weighted by Crippen LogP contribution is -2.38. The Hall–Kier alpha value is -2.30. The number of pyridine rings is 1. The average Bonchev–Trinajstić information content (AvgIpc) is 2.25. The van der Waals surface area contributed by atoms with Gasteiger partial charge < -0.3 is 10.0 Å². The van der Waals surface area contributed by atoms with Crippen molar-refractivity contribution in [2.75, 3.05) is 18.0 Å². The molecule has 0 amide bonds. The van der Waals surface area contributed by atoms with Crippen LogP contribution in [-0.2, 0) is 4.79 Å². The first-order valence-corrected chi connectivity index (χ1v) is 4.72. The molecule has 0 aliphatic rings. The van der Waals surface area contributed by atoms with Crippen LogP contribution in [0.5, 0.6) is 0 Å². The highest BCUT2D eigenvalue weighted by atomic mass is 19.4. The van der Waals surface area contributed by atoms with Gasteiger partial charge in [-0.1, -0.05) is 0 Å². The Morgan fingerprint density at radius 1 is 1.56 bits per heavy atom. The van der Waals surface area contributed by atoms with Gasteiger partial charge >= 0.3 is 12.1 Å². The normalized spacial score (nSPS) is 10.8. The fourth-order valence-electron chi connectivity index (χ4n) is 1.34. The highest BCUT2D eigenvalue weighted by Crippen LogP contribution is 2.23. The maximum atomic E-state index is 12.3. The van der Waals surface area contributed by atoms with Crippen molar-refractivity contribution in [3.8, 4) is 6.07 Å². The molecule has 1 heterocycles. The van der Waals surface area contributed by atoms with Crippen molar-refractivity contribution in [3.05, 3.63) is 24.0 Å². The molecule has 0 aliphatic carbocycles. The van der Waals surface area contributed by atoms with Gasteiger partial charge in [0.2, 0.25) is 0 Å². The molecular formula is C10H8F3N3O2. The number of carboxylic acid groups (broad SMARTS) is 1. The van der Waals surface area contributed by atoms with Crippen LogP contribution in [0, 0.1) is 11.3 Å². The topological polar surface area (TPSA) is 77.2 Å². The summed E-state index contributed by atoms with van der Waals surface area (Å²) in [5.41, 5.74) is -0.400. The zero-order chi connectivity index (χ0) is 13.8. The van der Waals surface area contributed by atoms with E-state index in [0.29, 0.717) is 4.90 Å². The summed E-state index contributed by atoms with van der Waals surface area (Å²) in [6.45, 7) is -2.32. The van der Waals surface area contributed by atoms with E-state index in [1.54, 1.807) is 6.07 Å². The van der Waals surface area contributed by atoms with Gasteiger partial charge in [0.1, 0.15) is 19.2 Å². The molecular weight excluding hydrogens is 251 g/mol. The van der Waals surface area contributed by atoms with Crippen LogP contribution >= 0.6 is 0 Å². The van der Waals surface area contributed by atoms with Gasteiger partial charge in [0.05, 0.1) is 5.69 Å². The van der Waals surface area contributed by atoms with Gasteiger partial charge in [-0.15, -0.1) is 0 Å². The SMILES string of the molecule is N#Cc1ncccc1N(CC(=O)O)CC(F)(F)F. The summed E-state index contributed by atoms with van der Waals surface area (Å²) in [6.07, 6.45) is -3.33. The van der Waals surface area contributed by atoms with Crippen LogP contribution in [0.15, 0.2) is 18.3 Å². The van der Waals surface area contributed by atoms with E-state index in [0.717, 1.165) is 0 Å². The van der Waals surface area contributed by atoms with Crippen molar-refractivity contribution < 1.29 is 23.1 Å². The number of hydrogen-bond donors (Lipinski definition) is 1. The number of alkyl halides is 3. The Labute approximate surface area is 100 Å². The molecule has 0 saturated carbocycles. The third-order valence-electron chi connectivity index (χ3n) is 1.93. The number of carbonyl (C=O) groups is 1. The first kappa shape index (κ1) is 13.8. The van der Waals surface area contributed by atoms with Gasteiger partial charge in [0, 0.05) is 6.20 Å². The standard InChI is InChI=1S/C10H8F3N3O2/c11-10(12,13)6-16(5-9(17)18)8-2-1-3-15-7(8)4-14/h1-3H,5-6H2,(H,17,18). The fourth-order valence-corrected chi connectivity index (χ4v) is 1.34. The van der Waals surface area contributed by atoms with Crippen LogP contribution in [0.25, 0.3) is 0 Å². The lowest BCUT2D eigenvalue weighted by Gasteiger charge is -2.24. The average molecular weight is 259 g/mol. The molecule has 8 heteroatoms. The lowest BCUT2D eigenvalue weighted by molar-refractivity contribution is -0.136. The van der Waals surface area contributed by atoms with E-state index in [2.05, 4.69) is 4.98 Å². The van der Waals surface area contributed by atoms with E-state index >= 15 is 0 Å². The summed E-state index contributed by atoms with van der Waals surface area (Å²) >= 11 is 0. The minimum Gasteiger partial charge on any atom is -0.480 e. The zero-order valence-electron chi connectivity index (χ0n) is 8.98. The zero-order valence-corrected chi connectivity index (χ0v) is 8.98. The predicted octanol–water partition coefficient (Wildman–Crippen LogP) is 1.41. The van der Waals surface area contributed by atoms with Gasteiger partial charge in [0.25, 0.3) is 0 Å². The van der Waals surface area contributed by atoms with Crippen molar-refractivity contribution in [2.45, 2.75) is 6.18 Å². The van der Waals surface area contributed by atoms with E-state index in [1.165, 1.54) is 18.3 Å². The molecule has 5 nitrogen and oxygen atoms in total. The van der Waals surface area contributed by atoms with Crippen LogP contribution in [0.4, 0.5) is 18.9 Å². The number of halogens is 3. The summed E-state index contributed by atoms with van der Waals surface area (Å²) < 4.78 is 37.0. The first-order chi connectivity index (χ1) is 8.33. The van der Waals surface area contributed by atoms with Crippen molar-refractivity contribution in [1.82, 2.24) is 4.98 Å². The number of aliphatic carboxylic acids is 1. The molecule has 1 aromatic heterocycles. The molecule has 0 atom stereocenters. The van der Waals surface area contributed by atoms with Crippen molar-refractivity contribution in [2.24, 2.45) is 0 Å². The number of rotatable bonds is 4. The Kier molecular flexibility index (Phi) is 4.09. The van der Waals surface area contributed by atoms with Crippen molar-refractivity contribution >= 4 is 11.7 Å². The highest BCUT2D eigenvalue weighted by Gasteiger charge is 2.32. The van der Waals surface area contributed by atoms with Gasteiger partial charge in [-0.2, -0.15) is 18.4 Å². The first-order valence-electron chi connectivity index (χ1n) is 4.72. The Morgan fingerprint density at radius 2 is 2.22 bits per heavy atom. The molecule has 96 valence electrons. The molecule has 18 heavy (non-hydrogen) atoms. The number of carboxylic acids is 1. The molecule has 1 aromatic rings. The number of nitriles is 1. The number of hydrogen-bond acceptors (Lipinski definition) is 4. The van der Waals surface area contributed by atoms with Crippen LogP contribution in [-0.4, -0.2) is 35.3 Å². The third kappa shape index (κ3) is 3.93. The van der Waals surface area contributed by atoms with Gasteiger partial charge in [-0.25, -0.2) is 4.98 Å². The van der Waals surface area contributed by atoms with Crippen LogP contribution in [0.1, 0.15) is 5.69 Å². The van der Waals surface area contributed by atoms with Gasteiger partial charge in [-0.05, 0) is 12.1 Å². The molecule has 1 rings (SSSR count). The fraction of sp³-hybridized carbons (Fsp3) is 0.300. The maximum Gasteiger partial charge on any atom is 0.405 e. The Bertz CT molecular complexity index is 482. The van der Waals surface area contributed by atoms with Crippen LogP contribution in [0.3, 0.4) is 0 Å². The van der Waals surface area contributed by atoms with Crippen molar-refractivity contribution in [1.29, 1.82) is 5.26 Å². The third-order valence-corrected chi connectivity index (χ3v) is 1.93. The van der Waals surface area contributed by atoms with E-state index in [-0.39, 0.29) is 11.4 Å². The maximum absolute atomic E-state index is 12.3. The Balaban J connectivity index is 3.09. The van der Waals surface area contributed by atoms with E-state index in [4.69, 9.17) is 10.4 Å². The second kappa shape index (κ2) is 5.35. The predicted molar refractivity (Wildman–Crippen MR) is 54.9 cm³/mol. The van der Waals surface area contributed by atoms with E-state index in [9.17, 15) is 18.0 Å². The monoisotopic (exact) mass is 259 g/mol. The largest absolute Gasteiger partial charge is 0.480 e. The molecule has 0 aliphatic heterocycles. The number of nitrogens with zero attached hydrogens (tertiary/aromatic N) is 3. The molecule has 0 unspecified atom stereocenters. The Morgan fingerprint density at radius 3 is 2.72 bits per heavy atom. The second-order valence-corrected chi connectivity index (χ2v) is 3.35. The minimum absolute atomic E-state index is 0.153. The summed E-state index contributed by atoms with van der Waals surface area (Å²) in [6, 6.07) is 4.18. The summed E-state index contributed by atoms with van der Waals surface area (Å²) in [7, 11) is 0. The second-order valence-electron chi connectivity index (χ2n) is 3.35. The number of anilines is 1. The van der Waals surface area contributed by atoms with Crippen molar-refractivity contribution in [3.63, 3.8) is 0 Å². The molecule has 0 aromatic carbocycles. The number of aromatic nitrogens is 1. The smallest absolute Gasteiger partial charge is 0.405 e.